The van der Waals surface area contributed by atoms with Crippen molar-refractivity contribution in [2.75, 3.05) is 13.2 Å². The van der Waals surface area contributed by atoms with Gasteiger partial charge in [0, 0.05) is 50.9 Å². The Kier molecular flexibility index (Phi) is 17.8. The summed E-state index contributed by atoms with van der Waals surface area (Å²) in [6.45, 7) is 49.6. The highest BCUT2D eigenvalue weighted by molar-refractivity contribution is 6.16. The van der Waals surface area contributed by atoms with E-state index >= 15 is 8.78 Å². The lowest BCUT2D eigenvalue weighted by atomic mass is 9.71. The van der Waals surface area contributed by atoms with Gasteiger partial charge in [-0.25, -0.2) is 8.78 Å². The van der Waals surface area contributed by atoms with Gasteiger partial charge in [-0.2, -0.15) is 0 Å². The highest BCUT2D eigenvalue weighted by Crippen LogP contribution is 2.53. The molecule has 93 heavy (non-hydrogen) atoms. The molecule has 0 radical (unpaired) electrons. The van der Waals surface area contributed by atoms with Crippen LogP contribution in [-0.4, -0.2) is 23.4 Å². The Bertz CT molecular complexity index is 4230. The minimum absolute atomic E-state index is 0.0398. The molecule has 0 aliphatic carbocycles. The van der Waals surface area contributed by atoms with Crippen molar-refractivity contribution in [3.63, 3.8) is 0 Å². The van der Waals surface area contributed by atoms with Crippen molar-refractivity contribution in [3.05, 3.63) is 191 Å². The molecule has 0 heterocycles. The van der Waals surface area contributed by atoms with Crippen molar-refractivity contribution in [2.24, 2.45) is 10.8 Å². The van der Waals surface area contributed by atoms with Gasteiger partial charge in [0.25, 0.3) is 0 Å². The van der Waals surface area contributed by atoms with Crippen molar-refractivity contribution in [2.45, 2.75) is 204 Å². The van der Waals surface area contributed by atoms with Crippen LogP contribution in [0.2, 0.25) is 0 Å². The monoisotopic (exact) mass is 1250 g/mol. The molecule has 0 aliphatic heterocycles. The molecule has 0 aliphatic rings. The van der Waals surface area contributed by atoms with Crippen molar-refractivity contribution < 1.29 is 28.5 Å². The first-order chi connectivity index (χ1) is 43.0. The van der Waals surface area contributed by atoms with E-state index < -0.39 is 11.6 Å². The van der Waals surface area contributed by atoms with Crippen molar-refractivity contribution >= 4 is 43.1 Å². The van der Waals surface area contributed by atoms with Crippen LogP contribution in [0.1, 0.15) is 205 Å². The Labute approximate surface area is 554 Å². The summed E-state index contributed by atoms with van der Waals surface area (Å²) in [4.78, 5) is 0. The van der Waals surface area contributed by atoms with E-state index in [1.165, 1.54) is 46.5 Å². The number of hydrogen-bond acceptors (Lipinski definition) is 4. The van der Waals surface area contributed by atoms with Crippen LogP contribution in [0.4, 0.5) is 8.78 Å². The van der Waals surface area contributed by atoms with Gasteiger partial charge in [-0.1, -0.05) is 213 Å². The van der Waals surface area contributed by atoms with E-state index in [1.807, 2.05) is 12.1 Å². The van der Waals surface area contributed by atoms with Crippen molar-refractivity contribution in [1.29, 1.82) is 0 Å². The third-order valence-corrected chi connectivity index (χ3v) is 18.9. The maximum absolute atomic E-state index is 16.0. The molecule has 2 N–H and O–H groups in total. The van der Waals surface area contributed by atoms with Crippen LogP contribution in [0, 0.1) is 22.5 Å². The largest absolute Gasteiger partial charge is 0.507 e. The fraction of sp³-hybridized carbons (Fsp3) is 0.402. The van der Waals surface area contributed by atoms with Gasteiger partial charge in [-0.15, -0.1) is 0 Å². The lowest BCUT2D eigenvalue weighted by Crippen LogP contribution is -2.25. The average Bonchev–Trinajstić information content (AvgIpc) is 0.739. The number of aromatic hydroxyl groups is 2. The van der Waals surface area contributed by atoms with E-state index in [9.17, 15) is 10.2 Å². The summed E-state index contributed by atoms with van der Waals surface area (Å²) in [6.07, 6.45) is 2.07. The highest BCUT2D eigenvalue weighted by atomic mass is 19.1. The topological polar surface area (TPSA) is 58.9 Å². The third-order valence-electron chi connectivity index (χ3n) is 18.9. The Morgan fingerprint density at radius 2 is 0.624 bits per heavy atom. The molecule has 0 saturated heterocycles. The molecule has 0 bridgehead atoms. The Morgan fingerprint density at radius 1 is 0.301 bits per heavy atom. The molecule has 10 aromatic rings. The van der Waals surface area contributed by atoms with Crippen LogP contribution in [0.5, 0.6) is 23.0 Å². The standard InChI is InChI=1S/C87H102F2O4/c1-80(2,3)50-86(19,20)60-44-70(78(90)72(46-60)76-64-32-28-56(82(7,8)9)40-54(64)38-52-24-26-58(42-66(52)76)84(13,14)15)68-48-62(88)30-34-74(68)92-36-23-37-93-75-35-31-63(89)49-69(75)71-45-61(87(21,22)51-81(4,5)6)47-73(79(71)91)77-65-33-29-57(83(10,11)12)41-55(65)39-53-25-27-59(43-67(53)77)85(16,17)18/h24-35,38-49,90-91H,23,36-37,50-51H2,1-22H3. The molecule has 0 spiro atoms. The number of hydrogen-bond donors (Lipinski definition) is 2. The van der Waals surface area contributed by atoms with Gasteiger partial charge in [0.15, 0.2) is 0 Å². The minimum Gasteiger partial charge on any atom is -0.507 e. The molecule has 10 rings (SSSR count). The zero-order chi connectivity index (χ0) is 68.1. The summed E-state index contributed by atoms with van der Waals surface area (Å²) in [5, 5.41) is 34.7. The van der Waals surface area contributed by atoms with Gasteiger partial charge < -0.3 is 19.7 Å². The van der Waals surface area contributed by atoms with Crippen LogP contribution >= 0.6 is 0 Å². The fourth-order valence-corrected chi connectivity index (χ4v) is 14.5. The van der Waals surface area contributed by atoms with Gasteiger partial charge in [0.05, 0.1) is 13.2 Å². The number of ether oxygens (including phenoxy) is 2. The zero-order valence-electron chi connectivity index (χ0n) is 59.9. The summed E-state index contributed by atoms with van der Waals surface area (Å²) in [5.74, 6) is -0.0109. The normalized spacial score (nSPS) is 13.2. The lowest BCUT2D eigenvalue weighted by molar-refractivity contribution is 0.248. The predicted octanol–water partition coefficient (Wildman–Crippen LogP) is 25.1. The first-order valence-electron chi connectivity index (χ1n) is 33.6. The molecule has 0 fully saturated rings. The van der Waals surface area contributed by atoms with Gasteiger partial charge in [0.2, 0.25) is 0 Å². The molecule has 4 nitrogen and oxygen atoms in total. The maximum atomic E-state index is 16.0. The minimum atomic E-state index is -0.458. The number of benzene rings is 10. The van der Waals surface area contributed by atoms with Gasteiger partial charge in [-0.05, 0) is 218 Å². The summed E-state index contributed by atoms with van der Waals surface area (Å²) < 4.78 is 45.5. The molecule has 6 heteroatoms. The van der Waals surface area contributed by atoms with E-state index in [0.717, 1.165) is 78.2 Å². The van der Waals surface area contributed by atoms with Crippen LogP contribution in [0.3, 0.4) is 0 Å². The molecule has 0 unspecified atom stereocenters. The van der Waals surface area contributed by atoms with E-state index in [1.54, 1.807) is 12.1 Å². The fourth-order valence-electron chi connectivity index (χ4n) is 14.5. The predicted molar refractivity (Wildman–Crippen MR) is 393 cm³/mol. The van der Waals surface area contributed by atoms with Gasteiger partial charge in [0.1, 0.15) is 34.6 Å². The van der Waals surface area contributed by atoms with E-state index in [2.05, 4.69) is 249 Å². The second kappa shape index (κ2) is 24.3. The Hall–Kier alpha value is -7.70. The first-order valence-corrected chi connectivity index (χ1v) is 33.6. The van der Waals surface area contributed by atoms with Crippen LogP contribution in [0.15, 0.2) is 146 Å². The number of fused-ring (bicyclic) bond motifs is 4. The summed E-state index contributed by atoms with van der Waals surface area (Å²) >= 11 is 0. The average molecular weight is 1250 g/mol. The molecule has 0 atom stereocenters. The summed E-state index contributed by atoms with van der Waals surface area (Å²) in [6, 6.07) is 48.8. The molecular formula is C87H102F2O4. The SMILES string of the molecule is CC(C)(C)CC(C)(C)c1cc(-c2cc(F)ccc2OCCCOc2ccc(F)cc2-c2cc(C(C)(C)CC(C)(C)C)cc(-c3c4ccc(C(C)(C)C)cc4cc4ccc(C(C)(C)C)cc34)c2O)c(O)c(-c2c3ccc(C(C)(C)C)cc3cc3ccc(C(C)(C)C)cc23)c1. The van der Waals surface area contributed by atoms with Crippen LogP contribution < -0.4 is 9.47 Å². The molecular weight excluding hydrogens is 1150 g/mol. The smallest absolute Gasteiger partial charge is 0.131 e. The van der Waals surface area contributed by atoms with Gasteiger partial charge >= 0.3 is 0 Å². The van der Waals surface area contributed by atoms with Gasteiger partial charge in [-0.3, -0.25) is 0 Å². The molecule has 0 amide bonds. The van der Waals surface area contributed by atoms with Crippen molar-refractivity contribution in [1.82, 2.24) is 0 Å². The molecule has 0 saturated carbocycles. The zero-order valence-corrected chi connectivity index (χ0v) is 59.9. The lowest BCUT2D eigenvalue weighted by Gasteiger charge is -2.34. The van der Waals surface area contributed by atoms with Crippen LogP contribution in [0.25, 0.3) is 87.6 Å². The maximum Gasteiger partial charge on any atom is 0.131 e. The van der Waals surface area contributed by atoms with E-state index in [-0.39, 0.29) is 68.0 Å². The third kappa shape index (κ3) is 14.5. The first kappa shape index (κ1) is 68.2. The highest BCUT2D eigenvalue weighted by Gasteiger charge is 2.34. The second-order valence-electron chi connectivity index (χ2n) is 34.7. The number of rotatable bonds is 14. The van der Waals surface area contributed by atoms with E-state index in [0.29, 0.717) is 51.3 Å². The molecule has 0 aromatic heterocycles. The molecule has 10 aromatic carbocycles. The van der Waals surface area contributed by atoms with Crippen molar-refractivity contribution in [3.8, 4) is 67.5 Å². The number of phenolic OH excluding ortho intramolecular Hbond substituents is 2. The summed E-state index contributed by atoms with van der Waals surface area (Å²) in [7, 11) is 0. The Balaban J connectivity index is 1.06. The second-order valence-corrected chi connectivity index (χ2v) is 34.7. The number of phenols is 2. The quantitative estimate of drug-likeness (QED) is 0.0841. The Morgan fingerprint density at radius 3 is 0.957 bits per heavy atom. The summed E-state index contributed by atoms with van der Waals surface area (Å²) in [5.41, 5.74) is 10.5. The van der Waals surface area contributed by atoms with E-state index in [4.69, 9.17) is 9.47 Å². The number of halogens is 2. The molecule has 488 valence electrons. The van der Waals surface area contributed by atoms with Crippen LogP contribution in [-0.2, 0) is 32.5 Å².